The summed E-state index contributed by atoms with van der Waals surface area (Å²) in [6, 6.07) is 4.99. The first-order valence-electron chi connectivity index (χ1n) is 5.69. The second-order valence-corrected chi connectivity index (χ2v) is 5.05. The molecule has 0 spiro atoms. The topological polar surface area (TPSA) is 78.1 Å². The summed E-state index contributed by atoms with van der Waals surface area (Å²) in [6.07, 6.45) is 1.56. The number of benzene rings is 1. The lowest BCUT2D eigenvalue weighted by Crippen LogP contribution is -1.92. The van der Waals surface area contributed by atoms with Gasteiger partial charge < -0.3 is 14.7 Å². The van der Waals surface area contributed by atoms with Gasteiger partial charge in [-0.1, -0.05) is 28.4 Å². The zero-order valence-electron chi connectivity index (χ0n) is 10.4. The zero-order chi connectivity index (χ0) is 14.3. The van der Waals surface area contributed by atoms with Crippen LogP contribution in [0.3, 0.4) is 0 Å². The van der Waals surface area contributed by atoms with Crippen molar-refractivity contribution in [3.63, 3.8) is 0 Å². The highest BCUT2D eigenvalue weighted by molar-refractivity contribution is 6.37. The summed E-state index contributed by atoms with van der Waals surface area (Å²) in [5, 5.41) is 4.65. The second-order valence-electron chi connectivity index (χ2n) is 4.20. The van der Waals surface area contributed by atoms with Crippen LogP contribution in [0.1, 0.15) is 5.56 Å². The van der Waals surface area contributed by atoms with Gasteiger partial charge >= 0.3 is 0 Å². The third-order valence-electron chi connectivity index (χ3n) is 2.82. The van der Waals surface area contributed by atoms with Crippen LogP contribution >= 0.6 is 23.2 Å². The molecule has 0 unspecified atom stereocenters. The fraction of sp³-hybridized carbons (Fsp3) is 0.0769. The number of hydrogen-bond acceptors (Lipinski definition) is 5. The summed E-state index contributed by atoms with van der Waals surface area (Å²) in [5.74, 6) is 1.13. The fourth-order valence-corrected chi connectivity index (χ4v) is 2.28. The number of nitrogens with two attached hydrogens (primary N) is 1. The lowest BCUT2D eigenvalue weighted by Gasteiger charge is -2.03. The number of furan rings is 1. The van der Waals surface area contributed by atoms with Crippen LogP contribution in [0, 0.1) is 6.92 Å². The second kappa shape index (κ2) is 4.85. The summed E-state index contributed by atoms with van der Waals surface area (Å²) in [6.45, 7) is 1.89. The Morgan fingerprint density at radius 3 is 2.75 bits per heavy atom. The van der Waals surface area contributed by atoms with Crippen LogP contribution < -0.4 is 5.73 Å². The van der Waals surface area contributed by atoms with Crippen molar-refractivity contribution in [2.75, 3.05) is 5.73 Å². The summed E-state index contributed by atoms with van der Waals surface area (Å²) < 4.78 is 10.5. The van der Waals surface area contributed by atoms with Crippen molar-refractivity contribution in [3.8, 4) is 23.0 Å². The molecule has 5 nitrogen and oxygen atoms in total. The predicted molar refractivity (Wildman–Crippen MR) is 76.6 cm³/mol. The van der Waals surface area contributed by atoms with Crippen LogP contribution in [-0.2, 0) is 0 Å². The van der Waals surface area contributed by atoms with Gasteiger partial charge in [0.2, 0.25) is 5.82 Å². The number of nitrogen functional groups attached to an aromatic ring is 1. The van der Waals surface area contributed by atoms with Gasteiger partial charge in [-0.15, -0.1) is 0 Å². The number of hydrogen-bond donors (Lipinski definition) is 1. The van der Waals surface area contributed by atoms with Crippen molar-refractivity contribution in [1.82, 2.24) is 10.1 Å². The Balaban J connectivity index is 2.09. The molecule has 3 rings (SSSR count). The summed E-state index contributed by atoms with van der Waals surface area (Å²) in [7, 11) is 0. The average molecular weight is 310 g/mol. The molecule has 1 aromatic carbocycles. The number of aryl methyl sites for hydroxylation is 1. The molecule has 0 aliphatic heterocycles. The number of nitrogens with zero attached hydrogens (tertiary/aromatic N) is 2. The van der Waals surface area contributed by atoms with Gasteiger partial charge in [-0.25, -0.2) is 0 Å². The predicted octanol–water partition coefficient (Wildman–Crippen LogP) is 4.19. The Labute approximate surface area is 124 Å². The van der Waals surface area contributed by atoms with Gasteiger partial charge in [0, 0.05) is 5.02 Å². The number of anilines is 1. The molecule has 20 heavy (non-hydrogen) atoms. The molecule has 0 amide bonds. The molecule has 0 saturated heterocycles. The van der Waals surface area contributed by atoms with Gasteiger partial charge in [0.15, 0.2) is 5.76 Å². The Hall–Kier alpha value is -1.98. The summed E-state index contributed by atoms with van der Waals surface area (Å²) in [5.41, 5.74) is 7.64. The first-order valence-corrected chi connectivity index (χ1v) is 6.45. The van der Waals surface area contributed by atoms with E-state index in [-0.39, 0.29) is 5.89 Å². The average Bonchev–Trinajstić information content (AvgIpc) is 3.02. The number of aromatic nitrogens is 2. The molecule has 0 aliphatic rings. The Morgan fingerprint density at radius 2 is 2.05 bits per heavy atom. The van der Waals surface area contributed by atoms with Crippen LogP contribution in [-0.4, -0.2) is 10.1 Å². The van der Waals surface area contributed by atoms with E-state index in [0.717, 1.165) is 5.56 Å². The lowest BCUT2D eigenvalue weighted by molar-refractivity contribution is 0.429. The molecule has 0 atom stereocenters. The van der Waals surface area contributed by atoms with Crippen molar-refractivity contribution >= 4 is 28.9 Å². The van der Waals surface area contributed by atoms with Crippen LogP contribution in [0.25, 0.3) is 23.0 Å². The molecule has 0 fully saturated rings. The molecule has 0 aliphatic carbocycles. The van der Waals surface area contributed by atoms with E-state index < -0.39 is 0 Å². The Morgan fingerprint density at radius 1 is 1.25 bits per heavy atom. The van der Waals surface area contributed by atoms with Crippen molar-refractivity contribution in [3.05, 3.63) is 40.1 Å². The van der Waals surface area contributed by atoms with Crippen molar-refractivity contribution in [1.29, 1.82) is 0 Å². The highest BCUT2D eigenvalue weighted by Crippen LogP contribution is 2.35. The van der Waals surface area contributed by atoms with Crippen molar-refractivity contribution < 1.29 is 8.94 Å². The lowest BCUT2D eigenvalue weighted by atomic mass is 10.2. The maximum atomic E-state index is 5.98. The maximum absolute atomic E-state index is 5.98. The van der Waals surface area contributed by atoms with E-state index in [1.807, 2.05) is 13.0 Å². The molecule has 0 saturated carbocycles. The first kappa shape index (κ1) is 13.0. The van der Waals surface area contributed by atoms with E-state index in [9.17, 15) is 0 Å². The van der Waals surface area contributed by atoms with Crippen LogP contribution in [0.15, 0.2) is 33.4 Å². The van der Waals surface area contributed by atoms with Crippen LogP contribution in [0.4, 0.5) is 5.69 Å². The van der Waals surface area contributed by atoms with Gasteiger partial charge in [0.1, 0.15) is 0 Å². The molecular weight excluding hydrogens is 301 g/mol. The van der Waals surface area contributed by atoms with E-state index in [1.54, 1.807) is 18.4 Å². The Bertz CT molecular complexity index is 780. The van der Waals surface area contributed by atoms with E-state index >= 15 is 0 Å². The van der Waals surface area contributed by atoms with Gasteiger partial charge in [-0.3, -0.25) is 0 Å². The summed E-state index contributed by atoms with van der Waals surface area (Å²) >= 11 is 11.9. The standard InChI is InChI=1S/C13H9Cl2N3O2/c1-6-2-3-19-11(6)12-17-13(20-18-12)8-4-7(14)5-9(15)10(8)16/h2-5H,16H2,1H3. The zero-order valence-corrected chi connectivity index (χ0v) is 11.9. The normalized spacial score (nSPS) is 10.9. The minimum atomic E-state index is 0.234. The van der Waals surface area contributed by atoms with Gasteiger partial charge in [0.05, 0.1) is 22.5 Å². The molecule has 7 heteroatoms. The summed E-state index contributed by atoms with van der Waals surface area (Å²) in [4.78, 5) is 4.26. The number of rotatable bonds is 2. The van der Waals surface area contributed by atoms with E-state index in [1.165, 1.54) is 0 Å². The number of halogens is 2. The van der Waals surface area contributed by atoms with Crippen molar-refractivity contribution in [2.45, 2.75) is 6.92 Å². The van der Waals surface area contributed by atoms with Gasteiger partial charge in [-0.2, -0.15) is 4.98 Å². The molecule has 0 bridgehead atoms. The molecule has 3 aromatic rings. The van der Waals surface area contributed by atoms with E-state index in [0.29, 0.717) is 32.9 Å². The minimum absolute atomic E-state index is 0.234. The molecule has 102 valence electrons. The molecule has 2 N–H and O–H groups in total. The van der Waals surface area contributed by atoms with E-state index in [2.05, 4.69) is 10.1 Å². The molecule has 2 aromatic heterocycles. The Kier molecular flexibility index (Phi) is 3.16. The van der Waals surface area contributed by atoms with Crippen LogP contribution in [0.2, 0.25) is 10.0 Å². The molecular formula is C13H9Cl2N3O2. The SMILES string of the molecule is Cc1ccoc1-c1noc(-c2cc(Cl)cc(Cl)c2N)n1. The maximum Gasteiger partial charge on any atom is 0.260 e. The highest BCUT2D eigenvalue weighted by atomic mass is 35.5. The van der Waals surface area contributed by atoms with Crippen molar-refractivity contribution in [2.24, 2.45) is 0 Å². The largest absolute Gasteiger partial charge is 0.461 e. The molecule has 0 radical (unpaired) electrons. The monoisotopic (exact) mass is 309 g/mol. The van der Waals surface area contributed by atoms with Gasteiger partial charge in [-0.05, 0) is 30.7 Å². The third-order valence-corrected chi connectivity index (χ3v) is 3.35. The quantitative estimate of drug-likeness (QED) is 0.718. The van der Waals surface area contributed by atoms with Gasteiger partial charge in [0.25, 0.3) is 5.89 Å². The highest BCUT2D eigenvalue weighted by Gasteiger charge is 2.18. The smallest absolute Gasteiger partial charge is 0.260 e. The minimum Gasteiger partial charge on any atom is -0.461 e. The fourth-order valence-electron chi connectivity index (χ4n) is 1.79. The first-order chi connectivity index (χ1) is 9.56. The third kappa shape index (κ3) is 2.15. The van der Waals surface area contributed by atoms with Crippen LogP contribution in [0.5, 0.6) is 0 Å². The van der Waals surface area contributed by atoms with E-state index in [4.69, 9.17) is 37.9 Å². The molecule has 2 heterocycles.